The third-order valence-corrected chi connectivity index (χ3v) is 3.96. The molecule has 2 heterocycles. The number of hydrogen-bond donors (Lipinski definition) is 0. The Bertz CT molecular complexity index is 562. The molecule has 0 atom stereocenters. The minimum Gasteiger partial charge on any atom is -0.419 e. The normalized spacial score (nSPS) is 17.1. The second kappa shape index (κ2) is 6.37. The average Bonchev–Trinajstić information content (AvgIpc) is 2.75. The van der Waals surface area contributed by atoms with Crippen molar-refractivity contribution in [2.75, 3.05) is 13.1 Å². The number of halogens is 1. The van der Waals surface area contributed by atoms with Crippen molar-refractivity contribution in [3.05, 3.63) is 35.2 Å². The maximum atomic E-state index is 6.14. The van der Waals surface area contributed by atoms with Gasteiger partial charge in [0.25, 0.3) is 0 Å². The molecule has 1 saturated heterocycles. The molecule has 0 amide bonds. The lowest BCUT2D eigenvalue weighted by molar-refractivity contribution is 0.249. The SMILES string of the molecule is Clc1ccccc1-c1nnc(CN2CCCCCC2)o1. The van der Waals surface area contributed by atoms with Gasteiger partial charge in [-0.05, 0) is 38.1 Å². The number of nitrogens with zero attached hydrogens (tertiary/aromatic N) is 3. The molecule has 0 unspecified atom stereocenters. The van der Waals surface area contributed by atoms with Gasteiger partial charge in [-0.3, -0.25) is 4.90 Å². The quantitative estimate of drug-likeness (QED) is 0.863. The van der Waals surface area contributed by atoms with Crippen molar-refractivity contribution in [2.24, 2.45) is 0 Å². The van der Waals surface area contributed by atoms with Gasteiger partial charge in [0.05, 0.1) is 17.1 Å². The van der Waals surface area contributed by atoms with Crippen molar-refractivity contribution in [3.63, 3.8) is 0 Å². The maximum absolute atomic E-state index is 6.14. The van der Waals surface area contributed by atoms with E-state index < -0.39 is 0 Å². The van der Waals surface area contributed by atoms with E-state index >= 15 is 0 Å². The predicted octanol–water partition coefficient (Wildman–Crippen LogP) is 3.77. The summed E-state index contributed by atoms with van der Waals surface area (Å²) in [6.07, 6.45) is 5.16. The van der Waals surface area contributed by atoms with E-state index in [9.17, 15) is 0 Å². The van der Waals surface area contributed by atoms with Crippen LogP contribution in [0.4, 0.5) is 0 Å². The van der Waals surface area contributed by atoms with E-state index in [1.165, 1.54) is 25.7 Å². The zero-order valence-corrected chi connectivity index (χ0v) is 12.1. The molecule has 0 spiro atoms. The van der Waals surface area contributed by atoms with Crippen LogP contribution < -0.4 is 0 Å². The summed E-state index contributed by atoms with van der Waals surface area (Å²) in [5, 5.41) is 8.89. The molecule has 4 nitrogen and oxygen atoms in total. The summed E-state index contributed by atoms with van der Waals surface area (Å²) in [5.74, 6) is 1.17. The third kappa shape index (κ3) is 3.19. The van der Waals surface area contributed by atoms with E-state index in [1.54, 1.807) is 0 Å². The summed E-state index contributed by atoms with van der Waals surface area (Å²) in [6, 6.07) is 7.53. The maximum Gasteiger partial charge on any atom is 0.249 e. The minimum atomic E-state index is 0.500. The van der Waals surface area contributed by atoms with Gasteiger partial charge < -0.3 is 4.42 Å². The molecule has 0 bridgehead atoms. The molecule has 1 aromatic carbocycles. The highest BCUT2D eigenvalue weighted by molar-refractivity contribution is 6.33. The molecule has 1 aliphatic rings. The van der Waals surface area contributed by atoms with Crippen LogP contribution in [0.15, 0.2) is 28.7 Å². The zero-order chi connectivity index (χ0) is 13.8. The molecule has 1 aromatic heterocycles. The molecule has 0 N–H and O–H groups in total. The fraction of sp³-hybridized carbons (Fsp3) is 0.467. The summed E-state index contributed by atoms with van der Waals surface area (Å²) >= 11 is 6.14. The second-order valence-corrected chi connectivity index (χ2v) is 5.58. The first-order chi connectivity index (χ1) is 9.83. The van der Waals surface area contributed by atoms with Crippen molar-refractivity contribution in [3.8, 4) is 11.5 Å². The Hall–Kier alpha value is -1.39. The molecule has 20 heavy (non-hydrogen) atoms. The third-order valence-electron chi connectivity index (χ3n) is 3.63. The van der Waals surface area contributed by atoms with E-state index in [0.717, 1.165) is 25.2 Å². The van der Waals surface area contributed by atoms with Crippen LogP contribution in [0.25, 0.3) is 11.5 Å². The summed E-state index contributed by atoms with van der Waals surface area (Å²) in [5.41, 5.74) is 0.795. The Labute approximate surface area is 123 Å². The number of benzene rings is 1. The highest BCUT2D eigenvalue weighted by atomic mass is 35.5. The first kappa shape index (κ1) is 13.6. The fourth-order valence-corrected chi connectivity index (χ4v) is 2.76. The molecule has 2 aromatic rings. The van der Waals surface area contributed by atoms with Crippen molar-refractivity contribution in [1.29, 1.82) is 0 Å². The number of aromatic nitrogens is 2. The Morgan fingerprint density at radius 1 is 1.05 bits per heavy atom. The van der Waals surface area contributed by atoms with E-state index in [4.69, 9.17) is 16.0 Å². The Kier molecular flexibility index (Phi) is 4.33. The van der Waals surface area contributed by atoms with Gasteiger partial charge >= 0.3 is 0 Å². The summed E-state index contributed by atoms with van der Waals surface area (Å²) in [6.45, 7) is 2.96. The van der Waals surface area contributed by atoms with Gasteiger partial charge in [-0.2, -0.15) is 0 Å². The van der Waals surface area contributed by atoms with E-state index in [0.29, 0.717) is 16.8 Å². The average molecular weight is 292 g/mol. The van der Waals surface area contributed by atoms with Crippen molar-refractivity contribution < 1.29 is 4.42 Å². The Balaban J connectivity index is 1.72. The molecule has 0 radical (unpaired) electrons. The molecule has 5 heteroatoms. The van der Waals surface area contributed by atoms with Crippen LogP contribution in [-0.4, -0.2) is 28.2 Å². The van der Waals surface area contributed by atoms with Crippen LogP contribution in [0.1, 0.15) is 31.6 Å². The highest BCUT2D eigenvalue weighted by Gasteiger charge is 2.15. The first-order valence-electron chi connectivity index (χ1n) is 7.12. The minimum absolute atomic E-state index is 0.500. The highest BCUT2D eigenvalue weighted by Crippen LogP contribution is 2.26. The van der Waals surface area contributed by atoms with Crippen LogP contribution in [0.2, 0.25) is 5.02 Å². The van der Waals surface area contributed by atoms with Gasteiger partial charge in [-0.1, -0.05) is 36.6 Å². The smallest absolute Gasteiger partial charge is 0.249 e. The van der Waals surface area contributed by atoms with Gasteiger partial charge in [0.2, 0.25) is 11.8 Å². The largest absolute Gasteiger partial charge is 0.419 e. The standard InChI is InChI=1S/C15H18ClN3O/c16-13-8-4-3-7-12(13)15-18-17-14(20-15)11-19-9-5-1-2-6-10-19/h3-4,7-8H,1-2,5-6,9-11H2. The monoisotopic (exact) mass is 291 g/mol. The van der Waals surface area contributed by atoms with Crippen LogP contribution in [-0.2, 0) is 6.54 Å². The van der Waals surface area contributed by atoms with E-state index in [-0.39, 0.29) is 0 Å². The van der Waals surface area contributed by atoms with E-state index in [2.05, 4.69) is 15.1 Å². The number of rotatable bonds is 3. The molecule has 0 saturated carbocycles. The topological polar surface area (TPSA) is 42.2 Å². The lowest BCUT2D eigenvalue weighted by atomic mass is 10.2. The van der Waals surface area contributed by atoms with Gasteiger partial charge in [0.1, 0.15) is 0 Å². The van der Waals surface area contributed by atoms with Crippen molar-refractivity contribution >= 4 is 11.6 Å². The van der Waals surface area contributed by atoms with Gasteiger partial charge in [-0.25, -0.2) is 0 Å². The summed E-state index contributed by atoms with van der Waals surface area (Å²) in [4.78, 5) is 2.39. The lowest BCUT2D eigenvalue weighted by Gasteiger charge is -2.16. The molecule has 3 rings (SSSR count). The molecule has 0 aliphatic carbocycles. The fourth-order valence-electron chi connectivity index (χ4n) is 2.55. The Morgan fingerprint density at radius 3 is 2.55 bits per heavy atom. The molecule has 1 aliphatic heterocycles. The van der Waals surface area contributed by atoms with Crippen LogP contribution in [0, 0.1) is 0 Å². The zero-order valence-electron chi connectivity index (χ0n) is 11.4. The second-order valence-electron chi connectivity index (χ2n) is 5.17. The van der Waals surface area contributed by atoms with Crippen molar-refractivity contribution in [1.82, 2.24) is 15.1 Å². The van der Waals surface area contributed by atoms with E-state index in [1.807, 2.05) is 24.3 Å². The van der Waals surface area contributed by atoms with Crippen LogP contribution in [0.3, 0.4) is 0 Å². The molecule has 106 valence electrons. The van der Waals surface area contributed by atoms with Gasteiger partial charge in [-0.15, -0.1) is 10.2 Å². The van der Waals surface area contributed by atoms with Crippen LogP contribution in [0.5, 0.6) is 0 Å². The number of likely N-dealkylation sites (tertiary alicyclic amines) is 1. The van der Waals surface area contributed by atoms with Crippen molar-refractivity contribution in [2.45, 2.75) is 32.2 Å². The first-order valence-corrected chi connectivity index (χ1v) is 7.50. The predicted molar refractivity (Wildman–Crippen MR) is 78.5 cm³/mol. The van der Waals surface area contributed by atoms with Gasteiger partial charge in [0, 0.05) is 0 Å². The lowest BCUT2D eigenvalue weighted by Crippen LogP contribution is -2.24. The molecular weight excluding hydrogens is 274 g/mol. The van der Waals surface area contributed by atoms with Crippen LogP contribution >= 0.6 is 11.6 Å². The summed E-state index contributed by atoms with van der Waals surface area (Å²) in [7, 11) is 0. The molecule has 1 fully saturated rings. The Morgan fingerprint density at radius 2 is 1.80 bits per heavy atom. The molecular formula is C15H18ClN3O. The van der Waals surface area contributed by atoms with Gasteiger partial charge in [0.15, 0.2) is 0 Å². The number of hydrogen-bond acceptors (Lipinski definition) is 4. The summed E-state index contributed by atoms with van der Waals surface area (Å²) < 4.78 is 5.75.